The number of hydrogen-bond acceptors (Lipinski definition) is 6. The lowest BCUT2D eigenvalue weighted by Crippen LogP contribution is -2.29. The molecule has 53 heavy (non-hydrogen) atoms. The number of hydrogen-bond donors (Lipinski definition) is 2. The molecule has 2 heterocycles. The molecule has 0 fully saturated rings. The number of aryl methyl sites for hydroxylation is 2. The molecule has 0 aliphatic heterocycles. The minimum Gasteiger partial charge on any atom is -0.491 e. The molecule has 4 nitrogen and oxygen atoms in total. The third-order valence-corrected chi connectivity index (χ3v) is 12.6. The van der Waals surface area contributed by atoms with Gasteiger partial charge in [0.15, 0.2) is 0 Å². The van der Waals surface area contributed by atoms with Gasteiger partial charge in [-0.1, -0.05) is 84.9 Å². The molecule has 0 saturated carbocycles. The molecule has 0 bridgehead atoms. The Kier molecular flexibility index (Phi) is 8.64. The van der Waals surface area contributed by atoms with E-state index in [-0.39, 0.29) is 26.4 Å². The van der Waals surface area contributed by atoms with E-state index in [2.05, 4.69) is 134 Å². The van der Waals surface area contributed by atoms with Crippen molar-refractivity contribution in [2.24, 2.45) is 0 Å². The zero-order valence-electron chi connectivity index (χ0n) is 29.6. The summed E-state index contributed by atoms with van der Waals surface area (Å²) in [6.07, 6.45) is 0. The van der Waals surface area contributed by atoms with Crippen molar-refractivity contribution in [3.05, 3.63) is 165 Å². The van der Waals surface area contributed by atoms with Gasteiger partial charge in [-0.05, 0) is 117 Å². The van der Waals surface area contributed by atoms with Crippen LogP contribution in [0.4, 0.5) is 0 Å². The first-order chi connectivity index (χ1) is 26.0. The number of aliphatic hydroxyl groups excluding tert-OH is 2. The van der Waals surface area contributed by atoms with Crippen LogP contribution in [0.15, 0.2) is 132 Å². The summed E-state index contributed by atoms with van der Waals surface area (Å²) in [6, 6.07) is 44.3. The van der Waals surface area contributed by atoms with Crippen LogP contribution in [-0.2, 0) is 5.41 Å². The summed E-state index contributed by atoms with van der Waals surface area (Å²) < 4.78 is 14.5. The molecule has 9 rings (SSSR count). The van der Waals surface area contributed by atoms with Gasteiger partial charge >= 0.3 is 0 Å². The van der Waals surface area contributed by atoms with E-state index in [0.717, 1.165) is 33.8 Å². The van der Waals surface area contributed by atoms with Crippen LogP contribution in [0.25, 0.3) is 53.6 Å². The fraction of sp³-hybridized carbons (Fsp3) is 0.149. The fourth-order valence-electron chi connectivity index (χ4n) is 8.26. The van der Waals surface area contributed by atoms with Crippen molar-refractivity contribution in [3.8, 4) is 44.9 Å². The zero-order valence-corrected chi connectivity index (χ0v) is 31.2. The summed E-state index contributed by atoms with van der Waals surface area (Å²) in [6.45, 7) is 4.55. The van der Waals surface area contributed by atoms with Gasteiger partial charge in [0.1, 0.15) is 24.7 Å². The van der Waals surface area contributed by atoms with Crippen LogP contribution in [0, 0.1) is 13.8 Å². The molecule has 0 spiro atoms. The molecule has 0 unspecified atom stereocenters. The average molecular weight is 731 g/mol. The minimum atomic E-state index is -0.657. The first-order valence-electron chi connectivity index (χ1n) is 17.9. The minimum absolute atomic E-state index is 0.0423. The number of benzene rings is 6. The third kappa shape index (κ3) is 5.48. The Balaban J connectivity index is 1.33. The molecule has 2 N–H and O–H groups in total. The highest BCUT2D eigenvalue weighted by Crippen LogP contribution is 2.58. The van der Waals surface area contributed by atoms with Crippen molar-refractivity contribution in [1.82, 2.24) is 0 Å². The number of aliphatic hydroxyl groups is 2. The Labute approximate surface area is 317 Å². The van der Waals surface area contributed by atoms with E-state index in [4.69, 9.17) is 9.47 Å². The maximum atomic E-state index is 9.51. The van der Waals surface area contributed by atoms with Crippen molar-refractivity contribution >= 4 is 42.8 Å². The Bertz CT molecular complexity index is 2470. The van der Waals surface area contributed by atoms with E-state index in [1.165, 1.54) is 64.7 Å². The standard InChI is InChI=1S/C47H38O4S2/c1-29-23-33(13-17-43(29)50-21-19-48)47(34-14-18-44(30(2)24-34)51-22-20-49)41-15-11-31(39-27-52-45-9-5-3-7-35(39)45)25-37(41)38-26-32(12-16-42(38)47)40-28-53-46-10-6-4-8-36(40)46/h3-18,23-28,48-49H,19-22H2,1-2H3. The van der Waals surface area contributed by atoms with Crippen LogP contribution in [0.3, 0.4) is 0 Å². The normalized spacial score (nSPS) is 13.0. The second-order valence-corrected chi connectivity index (χ2v) is 15.5. The Morgan fingerprint density at radius 2 is 0.962 bits per heavy atom. The summed E-state index contributed by atoms with van der Waals surface area (Å²) in [4.78, 5) is 0. The Morgan fingerprint density at radius 3 is 1.40 bits per heavy atom. The van der Waals surface area contributed by atoms with Crippen LogP contribution in [-0.4, -0.2) is 36.6 Å². The van der Waals surface area contributed by atoms with Crippen LogP contribution in [0.5, 0.6) is 11.5 Å². The highest BCUT2D eigenvalue weighted by Gasteiger charge is 2.47. The van der Waals surface area contributed by atoms with Crippen LogP contribution in [0.1, 0.15) is 33.4 Å². The topological polar surface area (TPSA) is 58.9 Å². The second-order valence-electron chi connectivity index (χ2n) is 13.7. The van der Waals surface area contributed by atoms with Crippen LogP contribution < -0.4 is 9.47 Å². The summed E-state index contributed by atoms with van der Waals surface area (Å²) in [5.74, 6) is 1.53. The summed E-state index contributed by atoms with van der Waals surface area (Å²) in [7, 11) is 0. The molecule has 6 heteroatoms. The molecule has 0 radical (unpaired) electrons. The summed E-state index contributed by atoms with van der Waals surface area (Å²) in [5, 5.41) is 26.1. The Morgan fingerprint density at radius 1 is 0.509 bits per heavy atom. The van der Waals surface area contributed by atoms with Crippen molar-refractivity contribution in [2.75, 3.05) is 26.4 Å². The smallest absolute Gasteiger partial charge is 0.122 e. The van der Waals surface area contributed by atoms with Gasteiger partial charge in [0.05, 0.1) is 18.6 Å². The number of thiophene rings is 2. The van der Waals surface area contributed by atoms with E-state index in [1.54, 1.807) is 22.7 Å². The van der Waals surface area contributed by atoms with E-state index in [9.17, 15) is 10.2 Å². The highest BCUT2D eigenvalue weighted by atomic mass is 32.1. The number of fused-ring (bicyclic) bond motifs is 5. The predicted octanol–water partition coefficient (Wildman–Crippen LogP) is 11.2. The molecule has 0 amide bonds. The van der Waals surface area contributed by atoms with Crippen molar-refractivity contribution in [1.29, 1.82) is 0 Å². The summed E-state index contributed by atoms with van der Waals surface area (Å²) in [5.41, 5.74) is 13.4. The van der Waals surface area contributed by atoms with Gasteiger partial charge < -0.3 is 19.7 Å². The largest absolute Gasteiger partial charge is 0.491 e. The molecule has 8 aromatic rings. The molecule has 1 aliphatic rings. The van der Waals surface area contributed by atoms with Gasteiger partial charge in [-0.3, -0.25) is 0 Å². The quantitative estimate of drug-likeness (QED) is 0.147. The van der Waals surface area contributed by atoms with Crippen LogP contribution >= 0.6 is 22.7 Å². The monoisotopic (exact) mass is 730 g/mol. The molecular formula is C47H38O4S2. The van der Waals surface area contributed by atoms with Crippen molar-refractivity contribution < 1.29 is 19.7 Å². The fourth-order valence-corrected chi connectivity index (χ4v) is 10.2. The molecule has 2 aromatic heterocycles. The molecular weight excluding hydrogens is 693 g/mol. The first kappa shape index (κ1) is 33.6. The van der Waals surface area contributed by atoms with Gasteiger partial charge in [-0.15, -0.1) is 22.7 Å². The highest BCUT2D eigenvalue weighted by molar-refractivity contribution is 7.18. The SMILES string of the molecule is Cc1cc(C2(c3ccc(OCCO)c(C)c3)c3ccc(-c4csc5ccccc45)cc3-c3cc(-c4csc5ccccc45)ccc32)ccc1OCCO. The molecule has 6 aromatic carbocycles. The van der Waals surface area contributed by atoms with Gasteiger partial charge in [0.25, 0.3) is 0 Å². The second kappa shape index (κ2) is 13.6. The third-order valence-electron chi connectivity index (χ3n) is 10.6. The van der Waals surface area contributed by atoms with Crippen molar-refractivity contribution in [2.45, 2.75) is 19.3 Å². The molecule has 0 atom stereocenters. The van der Waals surface area contributed by atoms with Crippen molar-refractivity contribution in [3.63, 3.8) is 0 Å². The maximum absolute atomic E-state index is 9.51. The molecule has 1 aliphatic carbocycles. The van der Waals surface area contributed by atoms with E-state index in [1.807, 2.05) is 12.1 Å². The first-order valence-corrected chi connectivity index (χ1v) is 19.7. The zero-order chi connectivity index (χ0) is 36.1. The lowest BCUT2D eigenvalue weighted by atomic mass is 9.67. The maximum Gasteiger partial charge on any atom is 0.122 e. The van der Waals surface area contributed by atoms with Gasteiger partial charge in [0.2, 0.25) is 0 Å². The molecule has 262 valence electrons. The Hall–Kier alpha value is -5.24. The summed E-state index contributed by atoms with van der Waals surface area (Å²) >= 11 is 3.57. The van der Waals surface area contributed by atoms with Crippen LogP contribution in [0.2, 0.25) is 0 Å². The van der Waals surface area contributed by atoms with Gasteiger partial charge in [-0.2, -0.15) is 0 Å². The number of rotatable bonds is 10. The lowest BCUT2D eigenvalue weighted by Gasteiger charge is -2.35. The average Bonchev–Trinajstić information content (AvgIpc) is 3.90. The number of ether oxygens (including phenoxy) is 2. The van der Waals surface area contributed by atoms with E-state index >= 15 is 0 Å². The van der Waals surface area contributed by atoms with Gasteiger partial charge in [0, 0.05) is 31.3 Å². The van der Waals surface area contributed by atoms with E-state index < -0.39 is 5.41 Å². The van der Waals surface area contributed by atoms with Gasteiger partial charge in [-0.25, -0.2) is 0 Å². The predicted molar refractivity (Wildman–Crippen MR) is 220 cm³/mol. The molecule has 0 saturated heterocycles. The lowest BCUT2D eigenvalue weighted by molar-refractivity contribution is 0.200. The van der Waals surface area contributed by atoms with E-state index in [0.29, 0.717) is 0 Å².